The van der Waals surface area contributed by atoms with E-state index in [1.54, 1.807) is 0 Å². The summed E-state index contributed by atoms with van der Waals surface area (Å²) < 4.78 is 0. The van der Waals surface area contributed by atoms with Gasteiger partial charge in [0.05, 0.1) is 0 Å². The maximum atomic E-state index is 3.41. The van der Waals surface area contributed by atoms with Crippen LogP contribution >= 0.6 is 0 Å². The first-order chi connectivity index (χ1) is 3.63. The first-order valence-electron chi connectivity index (χ1n) is 3.36. The van der Waals surface area contributed by atoms with Crippen molar-refractivity contribution in [1.82, 2.24) is 5.32 Å². The zero-order valence-corrected chi connectivity index (χ0v) is 5.99. The zero-order valence-electron chi connectivity index (χ0n) is 5.99. The van der Waals surface area contributed by atoms with Gasteiger partial charge in [-0.05, 0) is 25.3 Å². The fourth-order valence-corrected chi connectivity index (χ4v) is 1.10. The van der Waals surface area contributed by atoms with Gasteiger partial charge in [-0.3, -0.25) is 0 Å². The maximum absolute atomic E-state index is 3.41. The summed E-state index contributed by atoms with van der Waals surface area (Å²) in [5.41, 5.74) is 0.542. The van der Waals surface area contributed by atoms with Gasteiger partial charge in [0.25, 0.3) is 0 Å². The van der Waals surface area contributed by atoms with E-state index in [-0.39, 0.29) is 0 Å². The fraction of sp³-hybridized carbons (Fsp3) is 1.00. The average molecular weight is 113 g/mol. The standard InChI is InChI=1S/C7H15N/c1-6-7(2,3)4-5-8-6/h6,8H,4-5H2,1-3H3/t6-/m0/s1. The second-order valence-electron chi connectivity index (χ2n) is 3.41. The molecular formula is C7H15N. The minimum absolute atomic E-state index is 0.542. The Bertz CT molecular complexity index is 86.4. The van der Waals surface area contributed by atoms with E-state index < -0.39 is 0 Å². The van der Waals surface area contributed by atoms with Gasteiger partial charge >= 0.3 is 0 Å². The van der Waals surface area contributed by atoms with Crippen molar-refractivity contribution in [2.75, 3.05) is 6.54 Å². The van der Waals surface area contributed by atoms with Gasteiger partial charge in [-0.2, -0.15) is 0 Å². The Balaban J connectivity index is 2.54. The van der Waals surface area contributed by atoms with Gasteiger partial charge in [0.15, 0.2) is 0 Å². The van der Waals surface area contributed by atoms with E-state index in [2.05, 4.69) is 26.1 Å². The van der Waals surface area contributed by atoms with E-state index in [0.717, 1.165) is 0 Å². The van der Waals surface area contributed by atoms with Crippen molar-refractivity contribution in [3.05, 3.63) is 0 Å². The minimum atomic E-state index is 0.542. The Morgan fingerprint density at radius 2 is 2.12 bits per heavy atom. The van der Waals surface area contributed by atoms with Crippen LogP contribution in [0.15, 0.2) is 0 Å². The van der Waals surface area contributed by atoms with Crippen LogP contribution in [0.3, 0.4) is 0 Å². The smallest absolute Gasteiger partial charge is 0.00903 e. The second-order valence-corrected chi connectivity index (χ2v) is 3.41. The van der Waals surface area contributed by atoms with Crippen molar-refractivity contribution in [3.63, 3.8) is 0 Å². The predicted molar refractivity (Wildman–Crippen MR) is 35.9 cm³/mol. The maximum Gasteiger partial charge on any atom is 0.00903 e. The lowest BCUT2D eigenvalue weighted by Crippen LogP contribution is -2.28. The Kier molecular flexibility index (Phi) is 1.31. The highest BCUT2D eigenvalue weighted by Crippen LogP contribution is 2.28. The molecule has 0 unspecified atom stereocenters. The van der Waals surface area contributed by atoms with Crippen LogP contribution in [0.5, 0.6) is 0 Å². The summed E-state index contributed by atoms with van der Waals surface area (Å²) in [6.07, 6.45) is 1.33. The molecule has 0 aliphatic carbocycles. The van der Waals surface area contributed by atoms with Crippen molar-refractivity contribution in [1.29, 1.82) is 0 Å². The van der Waals surface area contributed by atoms with E-state index in [1.165, 1.54) is 13.0 Å². The molecule has 0 saturated carbocycles. The number of hydrogen-bond acceptors (Lipinski definition) is 1. The van der Waals surface area contributed by atoms with Crippen molar-refractivity contribution in [2.24, 2.45) is 5.41 Å². The number of rotatable bonds is 0. The predicted octanol–water partition coefficient (Wildman–Crippen LogP) is 1.39. The van der Waals surface area contributed by atoms with Gasteiger partial charge in [0.2, 0.25) is 0 Å². The summed E-state index contributed by atoms with van der Waals surface area (Å²) in [4.78, 5) is 0. The third-order valence-corrected chi connectivity index (χ3v) is 2.39. The van der Waals surface area contributed by atoms with Crippen LogP contribution in [-0.2, 0) is 0 Å². The fourth-order valence-electron chi connectivity index (χ4n) is 1.10. The molecule has 0 amide bonds. The highest BCUT2D eigenvalue weighted by Gasteiger charge is 2.29. The van der Waals surface area contributed by atoms with Gasteiger partial charge in [0.1, 0.15) is 0 Å². The third-order valence-electron chi connectivity index (χ3n) is 2.39. The molecule has 0 radical (unpaired) electrons. The van der Waals surface area contributed by atoms with Crippen molar-refractivity contribution in [3.8, 4) is 0 Å². The van der Waals surface area contributed by atoms with Crippen molar-refractivity contribution < 1.29 is 0 Å². The lowest BCUT2D eigenvalue weighted by Gasteiger charge is -2.21. The molecule has 0 aromatic carbocycles. The van der Waals surface area contributed by atoms with Gasteiger partial charge in [-0.1, -0.05) is 13.8 Å². The van der Waals surface area contributed by atoms with E-state index in [4.69, 9.17) is 0 Å². The summed E-state index contributed by atoms with van der Waals surface area (Å²) in [7, 11) is 0. The second kappa shape index (κ2) is 1.73. The van der Waals surface area contributed by atoms with E-state index in [0.29, 0.717) is 11.5 Å². The lowest BCUT2D eigenvalue weighted by molar-refractivity contribution is 0.332. The lowest BCUT2D eigenvalue weighted by atomic mass is 9.86. The van der Waals surface area contributed by atoms with E-state index in [1.807, 2.05) is 0 Å². The quantitative estimate of drug-likeness (QED) is 0.500. The van der Waals surface area contributed by atoms with Crippen LogP contribution in [0.2, 0.25) is 0 Å². The molecule has 1 saturated heterocycles. The SMILES string of the molecule is C[C@@H]1NCCC1(C)C. The van der Waals surface area contributed by atoms with Gasteiger partial charge in [0, 0.05) is 6.04 Å². The molecule has 0 aromatic heterocycles. The molecule has 1 nitrogen and oxygen atoms in total. The molecule has 1 fully saturated rings. The Hall–Kier alpha value is -0.0400. The molecule has 48 valence electrons. The molecule has 0 spiro atoms. The molecule has 1 aliphatic heterocycles. The van der Waals surface area contributed by atoms with Crippen LogP contribution < -0.4 is 5.32 Å². The van der Waals surface area contributed by atoms with Gasteiger partial charge in [-0.25, -0.2) is 0 Å². The summed E-state index contributed by atoms with van der Waals surface area (Å²) in [5.74, 6) is 0. The third kappa shape index (κ3) is 0.873. The molecule has 0 aromatic rings. The summed E-state index contributed by atoms with van der Waals surface area (Å²) in [5, 5.41) is 3.41. The molecular weight excluding hydrogens is 98.1 g/mol. The van der Waals surface area contributed by atoms with E-state index >= 15 is 0 Å². The zero-order chi connectivity index (χ0) is 6.20. The van der Waals surface area contributed by atoms with Gasteiger partial charge < -0.3 is 5.32 Å². The molecule has 1 heterocycles. The minimum Gasteiger partial charge on any atom is -0.314 e. The normalized spacial score (nSPS) is 35.6. The first-order valence-corrected chi connectivity index (χ1v) is 3.36. The van der Waals surface area contributed by atoms with Crippen LogP contribution in [0, 0.1) is 5.41 Å². The van der Waals surface area contributed by atoms with Crippen LogP contribution in [0.4, 0.5) is 0 Å². The number of hydrogen-bond donors (Lipinski definition) is 1. The molecule has 1 heteroatoms. The van der Waals surface area contributed by atoms with Crippen molar-refractivity contribution in [2.45, 2.75) is 33.2 Å². The van der Waals surface area contributed by atoms with Crippen LogP contribution in [0.1, 0.15) is 27.2 Å². The Labute approximate surface area is 51.5 Å². The molecule has 1 rings (SSSR count). The van der Waals surface area contributed by atoms with Crippen molar-refractivity contribution >= 4 is 0 Å². The Morgan fingerprint density at radius 1 is 1.50 bits per heavy atom. The molecule has 0 bridgehead atoms. The summed E-state index contributed by atoms with van der Waals surface area (Å²) in [6, 6.07) is 0.711. The topological polar surface area (TPSA) is 12.0 Å². The summed E-state index contributed by atoms with van der Waals surface area (Å²) in [6.45, 7) is 8.09. The van der Waals surface area contributed by atoms with Crippen LogP contribution in [-0.4, -0.2) is 12.6 Å². The largest absolute Gasteiger partial charge is 0.314 e. The highest BCUT2D eigenvalue weighted by atomic mass is 15.0. The average Bonchev–Trinajstić information content (AvgIpc) is 1.86. The van der Waals surface area contributed by atoms with Crippen LogP contribution in [0.25, 0.3) is 0 Å². The summed E-state index contributed by atoms with van der Waals surface area (Å²) >= 11 is 0. The Morgan fingerprint density at radius 3 is 2.25 bits per heavy atom. The first kappa shape index (κ1) is 6.09. The molecule has 1 aliphatic rings. The number of nitrogens with one attached hydrogen (secondary N) is 1. The molecule has 8 heavy (non-hydrogen) atoms. The van der Waals surface area contributed by atoms with Gasteiger partial charge in [-0.15, -0.1) is 0 Å². The molecule has 1 N–H and O–H groups in total. The highest BCUT2D eigenvalue weighted by molar-refractivity contribution is 4.87. The monoisotopic (exact) mass is 113 g/mol. The van der Waals surface area contributed by atoms with E-state index in [9.17, 15) is 0 Å². The molecule has 1 atom stereocenters.